The molecule has 2 heterocycles. The van der Waals surface area contributed by atoms with Crippen molar-refractivity contribution in [3.63, 3.8) is 0 Å². The van der Waals surface area contributed by atoms with Crippen molar-refractivity contribution in [2.24, 2.45) is 0 Å². The van der Waals surface area contributed by atoms with Gasteiger partial charge in [-0.3, -0.25) is 9.59 Å². The van der Waals surface area contributed by atoms with Crippen LogP contribution >= 0.6 is 23.1 Å². The van der Waals surface area contributed by atoms with Gasteiger partial charge in [-0.2, -0.15) is 0 Å². The average molecular weight is 433 g/mol. The lowest BCUT2D eigenvalue weighted by Gasteiger charge is -2.09. The number of aromatic nitrogens is 2. The number of amides is 1. The van der Waals surface area contributed by atoms with Gasteiger partial charge in [-0.1, -0.05) is 42.1 Å². The first-order valence-corrected chi connectivity index (χ1v) is 11.2. The molecule has 0 radical (unpaired) electrons. The molecule has 0 aliphatic heterocycles. The van der Waals surface area contributed by atoms with E-state index in [1.54, 1.807) is 0 Å². The Balaban J connectivity index is 1.66. The molecule has 0 saturated heterocycles. The summed E-state index contributed by atoms with van der Waals surface area (Å²) in [5.74, 6) is 5.99. The molecule has 0 fully saturated rings. The number of carbonyl (C=O) groups excluding carboxylic acids is 1. The third-order valence-electron chi connectivity index (χ3n) is 4.12. The van der Waals surface area contributed by atoms with Crippen LogP contribution < -0.4 is 16.7 Å². The predicted molar refractivity (Wildman–Crippen MR) is 119 cm³/mol. The van der Waals surface area contributed by atoms with Gasteiger partial charge in [0.25, 0.3) is 5.56 Å². The SMILES string of the molecule is CC(C)OCCCNC(=O)CSc1nc2scc(-c3ccccc3)c2c(=O)n1N. The maximum absolute atomic E-state index is 12.8. The Morgan fingerprint density at radius 3 is 2.83 bits per heavy atom. The van der Waals surface area contributed by atoms with E-state index in [1.165, 1.54) is 11.3 Å². The molecule has 0 aliphatic rings. The molecule has 1 amide bonds. The molecule has 7 nitrogen and oxygen atoms in total. The fourth-order valence-electron chi connectivity index (χ4n) is 2.72. The number of rotatable bonds is 9. The fourth-order valence-corrected chi connectivity index (χ4v) is 4.45. The molecular formula is C20H24N4O3S2. The second kappa shape index (κ2) is 9.91. The van der Waals surface area contributed by atoms with Gasteiger partial charge in [-0.15, -0.1) is 11.3 Å². The number of thiophene rings is 1. The number of fused-ring (bicyclic) bond motifs is 1. The molecule has 0 spiro atoms. The van der Waals surface area contributed by atoms with E-state index in [4.69, 9.17) is 10.6 Å². The highest BCUT2D eigenvalue weighted by atomic mass is 32.2. The van der Waals surface area contributed by atoms with Crippen LogP contribution in [0.3, 0.4) is 0 Å². The number of nitrogen functional groups attached to an aromatic ring is 1. The summed E-state index contributed by atoms with van der Waals surface area (Å²) in [6, 6.07) is 9.66. The number of hydrogen-bond donors (Lipinski definition) is 2. The molecule has 29 heavy (non-hydrogen) atoms. The summed E-state index contributed by atoms with van der Waals surface area (Å²) in [5, 5.41) is 5.57. The summed E-state index contributed by atoms with van der Waals surface area (Å²) >= 11 is 2.54. The summed E-state index contributed by atoms with van der Waals surface area (Å²) < 4.78 is 6.46. The topological polar surface area (TPSA) is 99.2 Å². The van der Waals surface area contributed by atoms with Crippen LogP contribution in [-0.2, 0) is 9.53 Å². The van der Waals surface area contributed by atoms with E-state index in [2.05, 4.69) is 10.3 Å². The maximum atomic E-state index is 12.8. The van der Waals surface area contributed by atoms with Crippen molar-refractivity contribution in [2.75, 3.05) is 24.7 Å². The molecule has 0 aliphatic carbocycles. The van der Waals surface area contributed by atoms with Gasteiger partial charge < -0.3 is 15.9 Å². The van der Waals surface area contributed by atoms with E-state index in [-0.39, 0.29) is 23.3 Å². The van der Waals surface area contributed by atoms with Gasteiger partial charge in [-0.05, 0) is 25.8 Å². The Labute approximate surface area is 177 Å². The lowest BCUT2D eigenvalue weighted by atomic mass is 10.1. The van der Waals surface area contributed by atoms with Gasteiger partial charge in [0, 0.05) is 24.1 Å². The minimum Gasteiger partial charge on any atom is -0.379 e. The third kappa shape index (κ3) is 5.37. The monoisotopic (exact) mass is 432 g/mol. The van der Waals surface area contributed by atoms with Gasteiger partial charge in [0.1, 0.15) is 4.83 Å². The van der Waals surface area contributed by atoms with E-state index in [0.29, 0.717) is 28.5 Å². The molecule has 3 N–H and O–H groups in total. The quantitative estimate of drug-likeness (QED) is 0.233. The van der Waals surface area contributed by atoms with E-state index in [0.717, 1.165) is 34.0 Å². The summed E-state index contributed by atoms with van der Waals surface area (Å²) in [6.07, 6.45) is 0.931. The number of nitrogens with one attached hydrogen (secondary N) is 1. The minimum absolute atomic E-state index is 0.134. The first-order valence-electron chi connectivity index (χ1n) is 9.33. The first kappa shape index (κ1) is 21.4. The largest absolute Gasteiger partial charge is 0.379 e. The van der Waals surface area contributed by atoms with E-state index >= 15 is 0 Å². The van der Waals surface area contributed by atoms with Crippen molar-refractivity contribution < 1.29 is 9.53 Å². The standard InChI is InChI=1S/C20H24N4O3S2/c1-13(2)27-10-6-9-22-16(25)12-29-20-23-18-17(19(26)24(20)21)15(11-28-18)14-7-4-3-5-8-14/h3-5,7-8,11,13H,6,9-10,12,21H2,1-2H3,(H,22,25). The lowest BCUT2D eigenvalue weighted by Crippen LogP contribution is -2.31. The highest BCUT2D eigenvalue weighted by Gasteiger charge is 2.17. The Hall–Kier alpha value is -2.36. The van der Waals surface area contributed by atoms with Crippen molar-refractivity contribution >= 4 is 39.2 Å². The zero-order chi connectivity index (χ0) is 20.8. The zero-order valence-electron chi connectivity index (χ0n) is 16.4. The Morgan fingerprint density at radius 2 is 2.10 bits per heavy atom. The van der Waals surface area contributed by atoms with E-state index < -0.39 is 0 Å². The molecule has 154 valence electrons. The van der Waals surface area contributed by atoms with Crippen LogP contribution in [0.2, 0.25) is 0 Å². The number of carbonyl (C=O) groups is 1. The van der Waals surface area contributed by atoms with Gasteiger partial charge in [-0.25, -0.2) is 9.66 Å². The van der Waals surface area contributed by atoms with Crippen molar-refractivity contribution in [1.29, 1.82) is 0 Å². The molecule has 1 aromatic carbocycles. The Kier molecular flexibility index (Phi) is 7.29. The second-order valence-corrected chi connectivity index (χ2v) is 8.48. The lowest BCUT2D eigenvalue weighted by molar-refractivity contribution is -0.118. The Morgan fingerprint density at radius 1 is 1.34 bits per heavy atom. The number of benzene rings is 1. The average Bonchev–Trinajstić information content (AvgIpc) is 3.14. The van der Waals surface area contributed by atoms with E-state index in [9.17, 15) is 9.59 Å². The van der Waals surface area contributed by atoms with Gasteiger partial charge >= 0.3 is 0 Å². The molecule has 0 bridgehead atoms. The van der Waals surface area contributed by atoms with Crippen molar-refractivity contribution in [3.8, 4) is 11.1 Å². The summed E-state index contributed by atoms with van der Waals surface area (Å²) in [7, 11) is 0. The van der Waals surface area contributed by atoms with Crippen LogP contribution in [0.15, 0.2) is 45.7 Å². The summed E-state index contributed by atoms with van der Waals surface area (Å²) in [5.41, 5.74) is 1.45. The fraction of sp³-hybridized carbons (Fsp3) is 0.350. The molecule has 3 aromatic rings. The van der Waals surface area contributed by atoms with Gasteiger partial charge in [0.05, 0.1) is 17.2 Å². The third-order valence-corrected chi connectivity index (χ3v) is 5.94. The maximum Gasteiger partial charge on any atom is 0.282 e. The van der Waals surface area contributed by atoms with Gasteiger partial charge in [0.15, 0.2) is 5.16 Å². The first-order chi connectivity index (χ1) is 14.0. The molecule has 9 heteroatoms. The van der Waals surface area contributed by atoms with E-state index in [1.807, 2.05) is 49.6 Å². The number of thioether (sulfide) groups is 1. The van der Waals surface area contributed by atoms with Crippen molar-refractivity contribution in [1.82, 2.24) is 15.0 Å². The van der Waals surface area contributed by atoms with Crippen LogP contribution in [0.1, 0.15) is 20.3 Å². The molecule has 3 rings (SSSR count). The minimum atomic E-state index is -0.316. The molecule has 0 atom stereocenters. The van der Waals surface area contributed by atoms with Crippen LogP contribution in [0.4, 0.5) is 0 Å². The van der Waals surface area contributed by atoms with Crippen LogP contribution in [0.5, 0.6) is 0 Å². The van der Waals surface area contributed by atoms with Crippen LogP contribution in [0.25, 0.3) is 21.3 Å². The Bertz CT molecular complexity index is 1030. The number of nitrogens with two attached hydrogens (primary N) is 1. The molecule has 0 unspecified atom stereocenters. The highest BCUT2D eigenvalue weighted by molar-refractivity contribution is 7.99. The predicted octanol–water partition coefficient (Wildman–Crippen LogP) is 2.86. The zero-order valence-corrected chi connectivity index (χ0v) is 18.0. The summed E-state index contributed by atoms with van der Waals surface area (Å²) in [6.45, 7) is 5.09. The molecular weight excluding hydrogens is 408 g/mol. The highest BCUT2D eigenvalue weighted by Crippen LogP contribution is 2.31. The number of nitrogens with zero attached hydrogens (tertiary/aromatic N) is 2. The van der Waals surface area contributed by atoms with Crippen LogP contribution in [0, 0.1) is 0 Å². The number of hydrogen-bond acceptors (Lipinski definition) is 7. The van der Waals surface area contributed by atoms with Crippen molar-refractivity contribution in [3.05, 3.63) is 46.1 Å². The second-order valence-electron chi connectivity index (χ2n) is 6.68. The van der Waals surface area contributed by atoms with Crippen LogP contribution in [-0.4, -0.2) is 40.6 Å². The smallest absolute Gasteiger partial charge is 0.282 e. The molecule has 0 saturated carbocycles. The van der Waals surface area contributed by atoms with Crippen molar-refractivity contribution in [2.45, 2.75) is 31.5 Å². The van der Waals surface area contributed by atoms with Gasteiger partial charge in [0.2, 0.25) is 5.91 Å². The normalized spacial score (nSPS) is 11.3. The summed E-state index contributed by atoms with van der Waals surface area (Å²) in [4.78, 5) is 30.0. The number of ether oxygens (including phenoxy) is 1. The molecule has 2 aromatic heterocycles.